The van der Waals surface area contributed by atoms with Crippen LogP contribution in [0.1, 0.15) is 133 Å². The van der Waals surface area contributed by atoms with E-state index < -0.39 is 15.8 Å². The molecule has 5 rings (SSSR count). The maximum atomic E-state index is 2.55. The molecule has 0 bridgehead atoms. The van der Waals surface area contributed by atoms with Crippen LogP contribution < -0.4 is 21.2 Å². The summed E-state index contributed by atoms with van der Waals surface area (Å²) < 4.78 is 0. The Balaban J connectivity index is 1.67. The van der Waals surface area contributed by atoms with E-state index in [0.29, 0.717) is 0 Å². The second-order valence-electron chi connectivity index (χ2n) is 14.3. The zero-order chi connectivity index (χ0) is 33.6. The molecule has 0 amide bonds. The first-order valence-corrected chi connectivity index (χ1v) is 22.3. The Kier molecular flexibility index (Phi) is 14.8. The molecule has 256 valence electrons. The van der Waals surface area contributed by atoms with E-state index in [-0.39, 0.29) is 4.90 Å². The van der Waals surface area contributed by atoms with Gasteiger partial charge in [0.2, 0.25) is 0 Å². The van der Waals surface area contributed by atoms with Gasteiger partial charge in [-0.05, 0) is 124 Å². The summed E-state index contributed by atoms with van der Waals surface area (Å²) in [5.74, 6) is 0. The van der Waals surface area contributed by atoms with E-state index in [1.807, 2.05) is 0 Å². The Morgan fingerprint density at radius 1 is 0.375 bits per heavy atom. The summed E-state index contributed by atoms with van der Waals surface area (Å²) >= 11 is 0. The molecule has 48 heavy (non-hydrogen) atoms. The van der Waals surface area contributed by atoms with Crippen molar-refractivity contribution in [3.63, 3.8) is 0 Å². The third-order valence-corrected chi connectivity index (χ3v) is 17.6. The number of aryl methyl sites for hydroxylation is 4. The predicted molar refractivity (Wildman–Crippen MR) is 218 cm³/mol. The van der Waals surface area contributed by atoms with Crippen LogP contribution in [0, 0.1) is 0 Å². The van der Waals surface area contributed by atoms with Crippen LogP contribution in [-0.2, 0) is 25.7 Å². The van der Waals surface area contributed by atoms with Gasteiger partial charge in [0, 0.05) is 4.90 Å². The van der Waals surface area contributed by atoms with E-state index in [4.69, 9.17) is 0 Å². The Labute approximate surface area is 297 Å². The van der Waals surface area contributed by atoms with Crippen LogP contribution in [0.2, 0.25) is 0 Å². The highest BCUT2D eigenvalue weighted by Gasteiger charge is 2.48. The van der Waals surface area contributed by atoms with Crippen LogP contribution in [0.5, 0.6) is 0 Å². The van der Waals surface area contributed by atoms with Crippen LogP contribution in [0.4, 0.5) is 0 Å². The zero-order valence-electron chi connectivity index (χ0n) is 30.7. The smallest absolute Gasteiger partial charge is 0.0267 e. The first kappa shape index (κ1) is 37.0. The molecule has 0 heterocycles. The Morgan fingerprint density at radius 3 is 0.854 bits per heavy atom. The third-order valence-electron chi connectivity index (χ3n) is 10.5. The Morgan fingerprint density at radius 2 is 0.625 bits per heavy atom. The maximum Gasteiger partial charge on any atom is 0.0267 e. The van der Waals surface area contributed by atoms with Crippen molar-refractivity contribution in [2.75, 3.05) is 0 Å². The lowest BCUT2D eigenvalue weighted by Gasteiger charge is -2.50. The fourth-order valence-corrected chi connectivity index (χ4v) is 15.7. The minimum absolute atomic E-state index is 0.217. The van der Waals surface area contributed by atoms with Crippen molar-refractivity contribution in [2.45, 2.75) is 142 Å². The molecule has 0 nitrogen and oxygen atoms in total. The normalized spacial score (nSPS) is 14.5. The van der Waals surface area contributed by atoms with Crippen molar-refractivity contribution in [1.29, 1.82) is 0 Å². The second kappa shape index (κ2) is 19.2. The van der Waals surface area contributed by atoms with Crippen molar-refractivity contribution in [3.8, 4) is 0 Å². The molecule has 1 aliphatic carbocycles. The highest BCUT2D eigenvalue weighted by atomic mass is 31.2. The van der Waals surface area contributed by atoms with E-state index in [0.717, 1.165) is 0 Å². The highest BCUT2D eigenvalue weighted by Crippen LogP contribution is 2.70. The molecule has 2 heteroatoms. The summed E-state index contributed by atoms with van der Waals surface area (Å²) in [5.41, 5.74) is 5.98. The van der Waals surface area contributed by atoms with Gasteiger partial charge in [-0.25, -0.2) is 0 Å². The molecule has 0 aromatic heterocycles. The molecule has 4 aromatic rings. The molecule has 1 fully saturated rings. The SMILES string of the molecule is CCCCc1ccc(P(c2ccc(CCCC)cc2)C2(P(c3ccc(CCCC)cc3)c3ccc(CCCC)cc3)CCCCC2)cc1. The molecular formula is C46H62P2. The number of hydrogen-bond donors (Lipinski definition) is 0. The molecule has 0 N–H and O–H groups in total. The van der Waals surface area contributed by atoms with E-state index in [1.54, 1.807) is 21.2 Å². The van der Waals surface area contributed by atoms with Crippen LogP contribution in [-0.4, -0.2) is 4.90 Å². The molecule has 0 radical (unpaired) electrons. The summed E-state index contributed by atoms with van der Waals surface area (Å²) in [4.78, 5) is 0.217. The molecule has 4 aromatic carbocycles. The molecule has 0 spiro atoms. The van der Waals surface area contributed by atoms with Crippen LogP contribution in [0.3, 0.4) is 0 Å². The topological polar surface area (TPSA) is 0 Å². The first-order valence-electron chi connectivity index (χ1n) is 19.6. The Bertz CT molecular complexity index is 1250. The molecule has 0 atom stereocenters. The van der Waals surface area contributed by atoms with Gasteiger partial charge in [-0.1, -0.05) is 170 Å². The van der Waals surface area contributed by atoms with Gasteiger partial charge in [-0.2, -0.15) is 0 Å². The van der Waals surface area contributed by atoms with Gasteiger partial charge >= 0.3 is 0 Å². The summed E-state index contributed by atoms with van der Waals surface area (Å²) in [6.45, 7) is 9.22. The van der Waals surface area contributed by atoms with Gasteiger partial charge in [-0.3, -0.25) is 0 Å². The minimum Gasteiger partial charge on any atom is -0.0654 e. The van der Waals surface area contributed by atoms with Gasteiger partial charge in [-0.15, -0.1) is 0 Å². The fourth-order valence-electron chi connectivity index (χ4n) is 7.69. The molecule has 1 saturated carbocycles. The van der Waals surface area contributed by atoms with E-state index >= 15 is 0 Å². The molecule has 0 aliphatic heterocycles. The van der Waals surface area contributed by atoms with Gasteiger partial charge in [0.15, 0.2) is 0 Å². The largest absolute Gasteiger partial charge is 0.0654 e. The average Bonchev–Trinajstić information content (AvgIpc) is 3.14. The lowest BCUT2D eigenvalue weighted by Crippen LogP contribution is -2.40. The van der Waals surface area contributed by atoms with Crippen molar-refractivity contribution in [3.05, 3.63) is 119 Å². The summed E-state index contributed by atoms with van der Waals surface area (Å²) in [6.07, 6.45) is 21.5. The lowest BCUT2D eigenvalue weighted by atomic mass is 9.99. The highest BCUT2D eigenvalue weighted by molar-refractivity contribution is 7.91. The van der Waals surface area contributed by atoms with Crippen LogP contribution in [0.25, 0.3) is 0 Å². The van der Waals surface area contributed by atoms with Gasteiger partial charge < -0.3 is 0 Å². The molecule has 1 aliphatic rings. The number of benzene rings is 4. The van der Waals surface area contributed by atoms with Crippen molar-refractivity contribution in [2.24, 2.45) is 0 Å². The van der Waals surface area contributed by atoms with Crippen molar-refractivity contribution < 1.29 is 0 Å². The van der Waals surface area contributed by atoms with Gasteiger partial charge in [0.1, 0.15) is 0 Å². The van der Waals surface area contributed by atoms with E-state index in [2.05, 4.69) is 125 Å². The first-order chi connectivity index (χ1) is 23.6. The average molecular weight is 677 g/mol. The maximum absolute atomic E-state index is 2.55. The summed E-state index contributed by atoms with van der Waals surface area (Å²) in [6, 6.07) is 40.2. The summed E-state index contributed by atoms with van der Waals surface area (Å²) in [5, 5.41) is 6.33. The standard InChI is InChI=1S/C46H62P2/c1-5-9-16-38-20-28-42(29-21-38)47(43-30-22-39(23-31-43)17-10-6-2)46(36-14-13-15-37-46)48(44-32-24-40(25-33-44)18-11-7-3)45-34-26-41(27-35-45)19-12-8-4/h20-35H,5-19,36-37H2,1-4H3. The predicted octanol–water partition coefficient (Wildman–Crippen LogP) is 12.3. The minimum atomic E-state index is -0.596. The molecular weight excluding hydrogens is 614 g/mol. The summed E-state index contributed by atoms with van der Waals surface area (Å²) in [7, 11) is -1.19. The van der Waals surface area contributed by atoms with E-state index in [1.165, 1.54) is 131 Å². The zero-order valence-corrected chi connectivity index (χ0v) is 32.4. The molecule has 0 saturated heterocycles. The monoisotopic (exact) mass is 676 g/mol. The second-order valence-corrected chi connectivity index (χ2v) is 19.8. The quantitative estimate of drug-likeness (QED) is 0.0920. The van der Waals surface area contributed by atoms with Gasteiger partial charge in [0.05, 0.1) is 0 Å². The van der Waals surface area contributed by atoms with Crippen molar-refractivity contribution >= 4 is 37.1 Å². The lowest BCUT2D eigenvalue weighted by molar-refractivity contribution is 0.483. The Hall–Kier alpha value is -2.26. The number of unbranched alkanes of at least 4 members (excludes halogenated alkanes) is 4. The van der Waals surface area contributed by atoms with Crippen molar-refractivity contribution in [1.82, 2.24) is 0 Å². The third kappa shape index (κ3) is 9.49. The molecule has 0 unspecified atom stereocenters. The fraction of sp³-hybridized carbons (Fsp3) is 0.478. The number of hydrogen-bond acceptors (Lipinski definition) is 0. The van der Waals surface area contributed by atoms with Gasteiger partial charge in [0.25, 0.3) is 0 Å². The van der Waals surface area contributed by atoms with Crippen LogP contribution in [0.15, 0.2) is 97.1 Å². The van der Waals surface area contributed by atoms with Crippen LogP contribution >= 0.6 is 15.8 Å². The van der Waals surface area contributed by atoms with E-state index in [9.17, 15) is 0 Å². The number of rotatable bonds is 18.